The summed E-state index contributed by atoms with van der Waals surface area (Å²) in [5.41, 5.74) is 0.985. The average Bonchev–Trinajstić information content (AvgIpc) is 2.78. The highest BCUT2D eigenvalue weighted by molar-refractivity contribution is 7.09. The highest BCUT2D eigenvalue weighted by Gasteiger charge is 2.08. The molecule has 2 aromatic heterocycles. The molecule has 0 saturated heterocycles. The normalized spacial score (nSPS) is 10.4. The van der Waals surface area contributed by atoms with Crippen LogP contribution in [0.5, 0.6) is 0 Å². The van der Waals surface area contributed by atoms with Gasteiger partial charge in [-0.15, -0.1) is 11.3 Å². The molecular formula is C12H14N4O2S. The number of nitrogens with one attached hydrogen (secondary N) is 1. The van der Waals surface area contributed by atoms with E-state index in [1.807, 2.05) is 12.3 Å². The van der Waals surface area contributed by atoms with Crippen LogP contribution in [0.3, 0.4) is 0 Å². The number of carbonyl (C=O) groups excluding carboxylic acids is 1. The minimum absolute atomic E-state index is 0.234. The summed E-state index contributed by atoms with van der Waals surface area (Å²) in [6, 6.07) is 2.75. The molecule has 1 N–H and O–H groups in total. The first-order valence-electron chi connectivity index (χ1n) is 5.80. The van der Waals surface area contributed by atoms with Crippen LogP contribution in [-0.4, -0.2) is 27.2 Å². The van der Waals surface area contributed by atoms with Crippen LogP contribution in [0, 0.1) is 6.92 Å². The van der Waals surface area contributed by atoms with Gasteiger partial charge in [-0.25, -0.2) is 9.67 Å². The van der Waals surface area contributed by atoms with Gasteiger partial charge in [0.05, 0.1) is 5.01 Å². The Labute approximate surface area is 114 Å². The Kier molecular flexibility index (Phi) is 4.06. The summed E-state index contributed by atoms with van der Waals surface area (Å²) in [5.74, 6) is -0.288. The number of carbonyl (C=O) groups is 1. The van der Waals surface area contributed by atoms with E-state index >= 15 is 0 Å². The Morgan fingerprint density at radius 2 is 2.26 bits per heavy atom. The summed E-state index contributed by atoms with van der Waals surface area (Å²) in [4.78, 5) is 27.3. The first-order chi connectivity index (χ1) is 9.06. The van der Waals surface area contributed by atoms with Crippen molar-refractivity contribution < 1.29 is 4.79 Å². The number of rotatable bonds is 4. The zero-order valence-corrected chi connectivity index (χ0v) is 11.5. The lowest BCUT2D eigenvalue weighted by molar-refractivity contribution is 0.0947. The molecule has 0 bridgehead atoms. The van der Waals surface area contributed by atoms with Crippen molar-refractivity contribution in [2.24, 2.45) is 7.05 Å². The third-order valence-electron chi connectivity index (χ3n) is 2.48. The van der Waals surface area contributed by atoms with E-state index in [-0.39, 0.29) is 17.2 Å². The summed E-state index contributed by atoms with van der Waals surface area (Å²) in [7, 11) is 1.51. The van der Waals surface area contributed by atoms with E-state index in [0.29, 0.717) is 13.0 Å². The van der Waals surface area contributed by atoms with Gasteiger partial charge < -0.3 is 5.32 Å². The van der Waals surface area contributed by atoms with Crippen molar-refractivity contribution in [1.29, 1.82) is 0 Å². The Morgan fingerprint density at radius 3 is 2.89 bits per heavy atom. The maximum Gasteiger partial charge on any atom is 0.271 e. The molecule has 0 atom stereocenters. The minimum atomic E-state index is -0.288. The molecule has 19 heavy (non-hydrogen) atoms. The number of nitrogens with zero attached hydrogens (tertiary/aromatic N) is 3. The van der Waals surface area contributed by atoms with Gasteiger partial charge in [0, 0.05) is 37.2 Å². The monoisotopic (exact) mass is 278 g/mol. The molecule has 0 unspecified atom stereocenters. The fourth-order valence-electron chi connectivity index (χ4n) is 1.51. The number of hydrogen-bond donors (Lipinski definition) is 1. The van der Waals surface area contributed by atoms with E-state index in [2.05, 4.69) is 15.4 Å². The molecular weight excluding hydrogens is 264 g/mol. The van der Waals surface area contributed by atoms with Gasteiger partial charge in [0.25, 0.3) is 11.5 Å². The second-order valence-electron chi connectivity index (χ2n) is 4.07. The SMILES string of the molecule is Cc1csc(CCNC(=O)c2ccc(=O)n(C)n2)n1. The molecule has 0 aliphatic rings. The van der Waals surface area contributed by atoms with E-state index < -0.39 is 0 Å². The summed E-state index contributed by atoms with van der Waals surface area (Å²) < 4.78 is 1.14. The number of thiazole rings is 1. The van der Waals surface area contributed by atoms with Crippen molar-refractivity contribution in [3.05, 3.63) is 44.3 Å². The molecule has 0 aliphatic carbocycles. The van der Waals surface area contributed by atoms with Gasteiger partial charge >= 0.3 is 0 Å². The standard InChI is InChI=1S/C12H14N4O2S/c1-8-7-19-10(14-8)5-6-13-12(18)9-3-4-11(17)16(2)15-9/h3-4,7H,5-6H2,1-2H3,(H,13,18). The van der Waals surface area contributed by atoms with Gasteiger partial charge in [0.2, 0.25) is 0 Å². The molecule has 0 aromatic carbocycles. The van der Waals surface area contributed by atoms with Gasteiger partial charge in [-0.05, 0) is 13.0 Å². The van der Waals surface area contributed by atoms with E-state index in [1.165, 1.54) is 19.2 Å². The largest absolute Gasteiger partial charge is 0.350 e. The van der Waals surface area contributed by atoms with Gasteiger partial charge in [0.15, 0.2) is 0 Å². The molecule has 0 radical (unpaired) electrons. The van der Waals surface area contributed by atoms with Crippen LogP contribution in [0.4, 0.5) is 0 Å². The van der Waals surface area contributed by atoms with E-state index in [9.17, 15) is 9.59 Å². The maximum atomic E-state index is 11.8. The Morgan fingerprint density at radius 1 is 1.47 bits per heavy atom. The quantitative estimate of drug-likeness (QED) is 0.884. The van der Waals surface area contributed by atoms with Crippen LogP contribution in [-0.2, 0) is 13.5 Å². The number of aromatic nitrogens is 3. The first kappa shape index (κ1) is 13.4. The van der Waals surface area contributed by atoms with Crippen molar-refractivity contribution >= 4 is 17.2 Å². The summed E-state index contributed by atoms with van der Waals surface area (Å²) in [6.07, 6.45) is 0.690. The zero-order chi connectivity index (χ0) is 13.8. The molecule has 100 valence electrons. The Hall–Kier alpha value is -2.02. The molecule has 0 aliphatic heterocycles. The first-order valence-corrected chi connectivity index (χ1v) is 6.68. The maximum absolute atomic E-state index is 11.8. The molecule has 0 saturated carbocycles. The van der Waals surface area contributed by atoms with E-state index in [1.54, 1.807) is 11.3 Å². The lowest BCUT2D eigenvalue weighted by Gasteiger charge is -2.04. The number of amides is 1. The van der Waals surface area contributed by atoms with Gasteiger partial charge in [-0.1, -0.05) is 0 Å². The molecule has 6 nitrogen and oxygen atoms in total. The third-order valence-corrected chi connectivity index (χ3v) is 3.51. The lowest BCUT2D eigenvalue weighted by atomic mass is 10.3. The second kappa shape index (κ2) is 5.75. The lowest BCUT2D eigenvalue weighted by Crippen LogP contribution is -2.29. The summed E-state index contributed by atoms with van der Waals surface area (Å²) >= 11 is 1.58. The van der Waals surface area contributed by atoms with Crippen molar-refractivity contribution in [2.75, 3.05) is 6.54 Å². The van der Waals surface area contributed by atoms with Crippen LogP contribution >= 0.6 is 11.3 Å². The highest BCUT2D eigenvalue weighted by atomic mass is 32.1. The van der Waals surface area contributed by atoms with Crippen LogP contribution in [0.15, 0.2) is 22.3 Å². The molecule has 1 amide bonds. The highest BCUT2D eigenvalue weighted by Crippen LogP contribution is 2.08. The minimum Gasteiger partial charge on any atom is -0.350 e. The molecule has 7 heteroatoms. The summed E-state index contributed by atoms with van der Waals surface area (Å²) in [6.45, 7) is 2.43. The van der Waals surface area contributed by atoms with E-state index in [0.717, 1.165) is 15.4 Å². The molecule has 2 rings (SSSR count). The van der Waals surface area contributed by atoms with Crippen molar-refractivity contribution in [1.82, 2.24) is 20.1 Å². The fourth-order valence-corrected chi connectivity index (χ4v) is 2.29. The molecule has 2 aromatic rings. The van der Waals surface area contributed by atoms with Crippen molar-refractivity contribution in [2.45, 2.75) is 13.3 Å². The summed E-state index contributed by atoms with van der Waals surface area (Å²) in [5, 5.41) is 9.60. The van der Waals surface area contributed by atoms with Gasteiger partial charge in [0.1, 0.15) is 5.69 Å². The molecule has 2 heterocycles. The van der Waals surface area contributed by atoms with Crippen LogP contribution < -0.4 is 10.9 Å². The van der Waals surface area contributed by atoms with Crippen molar-refractivity contribution in [3.63, 3.8) is 0 Å². The Bertz CT molecular complexity index is 647. The van der Waals surface area contributed by atoms with Crippen LogP contribution in [0.25, 0.3) is 0 Å². The number of hydrogen-bond acceptors (Lipinski definition) is 5. The Balaban J connectivity index is 1.90. The van der Waals surface area contributed by atoms with Gasteiger partial charge in [-0.2, -0.15) is 5.10 Å². The predicted molar refractivity (Wildman–Crippen MR) is 72.4 cm³/mol. The van der Waals surface area contributed by atoms with E-state index in [4.69, 9.17) is 0 Å². The molecule has 0 fully saturated rings. The fraction of sp³-hybridized carbons (Fsp3) is 0.333. The van der Waals surface area contributed by atoms with Gasteiger partial charge in [-0.3, -0.25) is 9.59 Å². The smallest absolute Gasteiger partial charge is 0.271 e. The molecule has 0 spiro atoms. The zero-order valence-electron chi connectivity index (χ0n) is 10.7. The third kappa shape index (κ3) is 3.47. The van der Waals surface area contributed by atoms with Crippen LogP contribution in [0.2, 0.25) is 0 Å². The average molecular weight is 278 g/mol. The number of aryl methyl sites for hydroxylation is 2. The topological polar surface area (TPSA) is 76.9 Å². The van der Waals surface area contributed by atoms with Crippen LogP contribution in [0.1, 0.15) is 21.2 Å². The predicted octanol–water partition coefficient (Wildman–Crippen LogP) is 0.518. The second-order valence-corrected chi connectivity index (χ2v) is 5.01. The van der Waals surface area contributed by atoms with Crippen molar-refractivity contribution in [3.8, 4) is 0 Å².